The van der Waals surface area contributed by atoms with Crippen molar-refractivity contribution in [2.24, 2.45) is 11.7 Å². The zero-order chi connectivity index (χ0) is 14.5. The van der Waals surface area contributed by atoms with E-state index in [1.807, 2.05) is 42.2 Å². The molecule has 0 aromatic heterocycles. The minimum absolute atomic E-state index is 0.0686. The van der Waals surface area contributed by atoms with Gasteiger partial charge in [0.25, 0.3) is 0 Å². The summed E-state index contributed by atoms with van der Waals surface area (Å²) in [5.74, 6) is -0.198. The highest BCUT2D eigenvalue weighted by atomic mass is 16.2. The predicted molar refractivity (Wildman–Crippen MR) is 77.5 cm³/mol. The number of nitriles is 1. The summed E-state index contributed by atoms with van der Waals surface area (Å²) in [4.78, 5) is 14.4. The summed E-state index contributed by atoms with van der Waals surface area (Å²) >= 11 is 0. The minimum Gasteiger partial charge on any atom is -0.338 e. The lowest BCUT2D eigenvalue weighted by molar-refractivity contribution is -0.136. The Labute approximate surface area is 120 Å². The number of nitrogens with zero attached hydrogens (tertiary/aromatic N) is 2. The van der Waals surface area contributed by atoms with Crippen molar-refractivity contribution in [2.75, 3.05) is 6.54 Å². The largest absolute Gasteiger partial charge is 0.338 e. The molecule has 0 bridgehead atoms. The lowest BCUT2D eigenvalue weighted by atomic mass is 9.94. The monoisotopic (exact) mass is 271 g/mol. The van der Waals surface area contributed by atoms with Gasteiger partial charge < -0.3 is 10.6 Å². The molecule has 2 rings (SSSR count). The van der Waals surface area contributed by atoms with Gasteiger partial charge in [0.2, 0.25) is 5.91 Å². The number of benzene rings is 1. The third-order valence-electron chi connectivity index (χ3n) is 3.85. The standard InChI is InChI=1S/C16H21N3O/c1-12(15(18)13-6-3-2-4-7-13)16(20)19(11-5-10-17)14-8-9-14/h2-4,6-7,12,14-15H,5,8-9,11,18H2,1H3. The van der Waals surface area contributed by atoms with Crippen LogP contribution in [0.15, 0.2) is 30.3 Å². The van der Waals surface area contributed by atoms with Crippen LogP contribution in [0.25, 0.3) is 0 Å². The van der Waals surface area contributed by atoms with Gasteiger partial charge >= 0.3 is 0 Å². The number of carbonyl (C=O) groups excluding carboxylic acids is 1. The first kappa shape index (κ1) is 14.5. The molecule has 0 saturated heterocycles. The van der Waals surface area contributed by atoms with Crippen LogP contribution in [0, 0.1) is 17.2 Å². The Balaban J connectivity index is 2.04. The van der Waals surface area contributed by atoms with Crippen LogP contribution in [0.4, 0.5) is 0 Å². The molecular formula is C16H21N3O. The summed E-state index contributed by atoms with van der Waals surface area (Å²) in [6, 6.07) is 11.8. The zero-order valence-corrected chi connectivity index (χ0v) is 11.8. The van der Waals surface area contributed by atoms with E-state index in [-0.39, 0.29) is 17.9 Å². The second-order valence-corrected chi connectivity index (χ2v) is 5.40. The van der Waals surface area contributed by atoms with Crippen molar-refractivity contribution in [3.63, 3.8) is 0 Å². The van der Waals surface area contributed by atoms with Crippen LogP contribution < -0.4 is 5.73 Å². The Morgan fingerprint density at radius 3 is 2.65 bits per heavy atom. The van der Waals surface area contributed by atoms with E-state index in [1.54, 1.807) is 0 Å². The van der Waals surface area contributed by atoms with Gasteiger partial charge in [0.05, 0.1) is 18.4 Å². The smallest absolute Gasteiger partial charge is 0.227 e. The number of carbonyl (C=O) groups is 1. The molecule has 1 aromatic rings. The van der Waals surface area contributed by atoms with Crippen molar-refractivity contribution in [3.8, 4) is 6.07 Å². The first-order valence-corrected chi connectivity index (χ1v) is 7.13. The molecule has 1 saturated carbocycles. The molecule has 0 heterocycles. The van der Waals surface area contributed by atoms with Gasteiger partial charge in [-0.15, -0.1) is 0 Å². The summed E-state index contributed by atoms with van der Waals surface area (Å²) in [6.07, 6.45) is 2.48. The lowest BCUT2D eigenvalue weighted by Gasteiger charge is -2.28. The fourth-order valence-electron chi connectivity index (χ4n) is 2.41. The molecule has 1 amide bonds. The van der Waals surface area contributed by atoms with E-state index in [1.165, 1.54) is 0 Å². The predicted octanol–water partition coefficient (Wildman–Crippen LogP) is 2.23. The zero-order valence-electron chi connectivity index (χ0n) is 11.8. The molecule has 1 fully saturated rings. The van der Waals surface area contributed by atoms with Gasteiger partial charge in [0, 0.05) is 18.6 Å². The molecule has 2 unspecified atom stereocenters. The van der Waals surface area contributed by atoms with Crippen LogP contribution in [-0.2, 0) is 4.79 Å². The number of hydrogen-bond acceptors (Lipinski definition) is 3. The van der Waals surface area contributed by atoms with E-state index in [2.05, 4.69) is 6.07 Å². The fraction of sp³-hybridized carbons (Fsp3) is 0.500. The van der Waals surface area contributed by atoms with Gasteiger partial charge in [-0.3, -0.25) is 4.79 Å². The van der Waals surface area contributed by atoms with Crippen LogP contribution in [0.1, 0.15) is 37.8 Å². The number of rotatable bonds is 6. The van der Waals surface area contributed by atoms with Crippen molar-refractivity contribution in [2.45, 2.75) is 38.3 Å². The van der Waals surface area contributed by atoms with E-state index >= 15 is 0 Å². The summed E-state index contributed by atoms with van der Waals surface area (Å²) in [5.41, 5.74) is 7.19. The fourth-order valence-corrected chi connectivity index (χ4v) is 2.41. The average molecular weight is 271 g/mol. The maximum absolute atomic E-state index is 12.6. The Hall–Kier alpha value is -1.86. The average Bonchev–Trinajstić information content (AvgIpc) is 3.31. The summed E-state index contributed by atoms with van der Waals surface area (Å²) < 4.78 is 0. The SMILES string of the molecule is CC(C(=O)N(CCC#N)C1CC1)C(N)c1ccccc1. The van der Waals surface area contributed by atoms with Gasteiger partial charge in [0.1, 0.15) is 0 Å². The lowest BCUT2D eigenvalue weighted by Crippen LogP contribution is -2.41. The van der Waals surface area contributed by atoms with E-state index in [4.69, 9.17) is 11.0 Å². The van der Waals surface area contributed by atoms with E-state index in [9.17, 15) is 4.79 Å². The first-order chi connectivity index (χ1) is 9.65. The third kappa shape index (κ3) is 3.37. The van der Waals surface area contributed by atoms with Crippen molar-refractivity contribution >= 4 is 5.91 Å². The molecule has 4 heteroatoms. The molecular weight excluding hydrogens is 250 g/mol. The Kier molecular flexibility index (Phi) is 4.75. The molecule has 2 atom stereocenters. The number of amides is 1. The summed E-state index contributed by atoms with van der Waals surface area (Å²) in [6.45, 7) is 2.40. The minimum atomic E-state index is -0.299. The number of hydrogen-bond donors (Lipinski definition) is 1. The van der Waals surface area contributed by atoms with E-state index in [0.29, 0.717) is 19.0 Å². The molecule has 1 aliphatic rings. The quantitative estimate of drug-likeness (QED) is 0.862. The molecule has 1 aromatic carbocycles. The van der Waals surface area contributed by atoms with Gasteiger partial charge in [0.15, 0.2) is 0 Å². The van der Waals surface area contributed by atoms with Crippen LogP contribution in [-0.4, -0.2) is 23.4 Å². The van der Waals surface area contributed by atoms with E-state index < -0.39 is 0 Å². The highest BCUT2D eigenvalue weighted by molar-refractivity contribution is 5.80. The first-order valence-electron chi connectivity index (χ1n) is 7.13. The summed E-state index contributed by atoms with van der Waals surface area (Å²) in [5, 5.41) is 8.71. The van der Waals surface area contributed by atoms with Crippen molar-refractivity contribution in [1.82, 2.24) is 4.90 Å². The van der Waals surface area contributed by atoms with Crippen LogP contribution in [0.2, 0.25) is 0 Å². The van der Waals surface area contributed by atoms with E-state index in [0.717, 1.165) is 18.4 Å². The highest BCUT2D eigenvalue weighted by Crippen LogP contribution is 2.30. The Morgan fingerprint density at radius 1 is 1.45 bits per heavy atom. The topological polar surface area (TPSA) is 70.1 Å². The maximum atomic E-state index is 12.6. The molecule has 2 N–H and O–H groups in total. The molecule has 106 valence electrons. The van der Waals surface area contributed by atoms with Gasteiger partial charge in [-0.2, -0.15) is 5.26 Å². The highest BCUT2D eigenvalue weighted by Gasteiger charge is 2.35. The normalized spacial score (nSPS) is 17.1. The molecule has 1 aliphatic carbocycles. The molecule has 0 aliphatic heterocycles. The number of nitrogens with two attached hydrogens (primary N) is 1. The second-order valence-electron chi connectivity index (χ2n) is 5.40. The molecule has 4 nitrogen and oxygen atoms in total. The van der Waals surface area contributed by atoms with Crippen LogP contribution in [0.3, 0.4) is 0 Å². The van der Waals surface area contributed by atoms with Gasteiger partial charge in [-0.05, 0) is 18.4 Å². The van der Waals surface area contributed by atoms with Crippen LogP contribution in [0.5, 0.6) is 0 Å². The Morgan fingerprint density at radius 2 is 2.10 bits per heavy atom. The summed E-state index contributed by atoms with van der Waals surface area (Å²) in [7, 11) is 0. The van der Waals surface area contributed by atoms with Gasteiger partial charge in [-0.1, -0.05) is 37.3 Å². The maximum Gasteiger partial charge on any atom is 0.227 e. The van der Waals surface area contributed by atoms with Crippen molar-refractivity contribution in [1.29, 1.82) is 5.26 Å². The molecule has 0 spiro atoms. The Bertz CT molecular complexity index is 490. The van der Waals surface area contributed by atoms with Crippen molar-refractivity contribution in [3.05, 3.63) is 35.9 Å². The molecule has 20 heavy (non-hydrogen) atoms. The van der Waals surface area contributed by atoms with Crippen LogP contribution >= 0.6 is 0 Å². The second kappa shape index (κ2) is 6.53. The van der Waals surface area contributed by atoms with Gasteiger partial charge in [-0.25, -0.2) is 0 Å². The molecule has 0 radical (unpaired) electrons. The van der Waals surface area contributed by atoms with Crippen molar-refractivity contribution < 1.29 is 4.79 Å². The third-order valence-corrected chi connectivity index (χ3v) is 3.85.